The van der Waals surface area contributed by atoms with E-state index >= 15 is 0 Å². The van der Waals surface area contributed by atoms with E-state index in [0.717, 1.165) is 29.9 Å². The third kappa shape index (κ3) is 3.33. The minimum Gasteiger partial charge on any atom is -0.464 e. The van der Waals surface area contributed by atoms with E-state index in [0.29, 0.717) is 0 Å². The summed E-state index contributed by atoms with van der Waals surface area (Å²) >= 11 is 0. The number of hydrogen-bond acceptors (Lipinski definition) is 3. The molecule has 82 valence electrons. The van der Waals surface area contributed by atoms with Crippen molar-refractivity contribution in [2.24, 2.45) is 5.73 Å². The zero-order valence-electron chi connectivity index (χ0n) is 8.62. The summed E-state index contributed by atoms with van der Waals surface area (Å²) in [5.74, 6) is 1.75. The van der Waals surface area contributed by atoms with Gasteiger partial charge < -0.3 is 15.3 Å². The molecular formula is C10H18ClNO2. The van der Waals surface area contributed by atoms with Crippen LogP contribution < -0.4 is 5.73 Å². The van der Waals surface area contributed by atoms with Crippen molar-refractivity contribution in [3.8, 4) is 0 Å². The van der Waals surface area contributed by atoms with E-state index in [1.165, 1.54) is 0 Å². The molecule has 4 heteroatoms. The third-order valence-corrected chi connectivity index (χ3v) is 2.22. The molecule has 1 aromatic rings. The highest BCUT2D eigenvalue weighted by molar-refractivity contribution is 5.85. The number of nitrogens with two attached hydrogens (primary N) is 1. The number of furan rings is 1. The van der Waals surface area contributed by atoms with Crippen LogP contribution in [0.2, 0.25) is 0 Å². The van der Waals surface area contributed by atoms with Gasteiger partial charge >= 0.3 is 0 Å². The molecule has 1 rings (SSSR count). The van der Waals surface area contributed by atoms with Crippen LogP contribution in [0.4, 0.5) is 0 Å². The lowest BCUT2D eigenvalue weighted by atomic mass is 10.1. The first-order chi connectivity index (χ1) is 6.15. The van der Waals surface area contributed by atoms with Crippen LogP contribution in [0.25, 0.3) is 0 Å². The van der Waals surface area contributed by atoms with Crippen LogP contribution in [0, 0.1) is 13.8 Å². The van der Waals surface area contributed by atoms with Gasteiger partial charge in [-0.2, -0.15) is 0 Å². The topological polar surface area (TPSA) is 59.4 Å². The molecule has 1 aromatic heterocycles. The summed E-state index contributed by atoms with van der Waals surface area (Å²) in [6.07, 6.45) is 1.49. The summed E-state index contributed by atoms with van der Waals surface area (Å²) in [6, 6.07) is 1.89. The number of halogens is 1. The lowest BCUT2D eigenvalue weighted by Gasteiger charge is -2.06. The average Bonchev–Trinajstić information content (AvgIpc) is 2.43. The van der Waals surface area contributed by atoms with Gasteiger partial charge in [-0.25, -0.2) is 0 Å². The standard InChI is InChI=1S/C10H17NO2.ClH/c1-7-6-10(13-8(7)2)9(11)4-3-5-12;/h6,9,12H,3-5,11H2,1-2H3;1H/t9-;/m1./s1. The Bertz CT molecular complexity index is 254. The van der Waals surface area contributed by atoms with E-state index in [4.69, 9.17) is 15.3 Å². The number of aliphatic hydroxyl groups is 1. The highest BCUT2D eigenvalue weighted by Gasteiger charge is 2.11. The van der Waals surface area contributed by atoms with Gasteiger partial charge in [0.15, 0.2) is 0 Å². The molecule has 0 saturated heterocycles. The summed E-state index contributed by atoms with van der Waals surface area (Å²) in [5, 5.41) is 8.64. The number of hydrogen-bond donors (Lipinski definition) is 2. The Hall–Kier alpha value is -0.510. The summed E-state index contributed by atoms with van der Waals surface area (Å²) in [7, 11) is 0. The van der Waals surface area contributed by atoms with Crippen molar-refractivity contribution in [3.63, 3.8) is 0 Å². The third-order valence-electron chi connectivity index (χ3n) is 2.22. The monoisotopic (exact) mass is 219 g/mol. The van der Waals surface area contributed by atoms with Gasteiger partial charge in [0.1, 0.15) is 11.5 Å². The van der Waals surface area contributed by atoms with Gasteiger partial charge in [0, 0.05) is 6.61 Å². The fourth-order valence-electron chi connectivity index (χ4n) is 1.24. The molecule has 0 radical (unpaired) electrons. The number of rotatable bonds is 4. The first-order valence-corrected chi connectivity index (χ1v) is 4.58. The van der Waals surface area contributed by atoms with Crippen LogP contribution in [0.1, 0.15) is 36.0 Å². The maximum absolute atomic E-state index is 8.64. The number of aliphatic hydroxyl groups excluding tert-OH is 1. The molecule has 1 heterocycles. The van der Waals surface area contributed by atoms with E-state index in [-0.39, 0.29) is 25.1 Å². The molecule has 0 fully saturated rings. The molecule has 0 spiro atoms. The first kappa shape index (κ1) is 13.5. The molecule has 0 aliphatic rings. The van der Waals surface area contributed by atoms with E-state index in [9.17, 15) is 0 Å². The van der Waals surface area contributed by atoms with Crippen molar-refractivity contribution in [2.45, 2.75) is 32.7 Å². The summed E-state index contributed by atoms with van der Waals surface area (Å²) in [5.41, 5.74) is 6.99. The van der Waals surface area contributed by atoms with Gasteiger partial charge in [0.25, 0.3) is 0 Å². The van der Waals surface area contributed by atoms with Crippen LogP contribution in [-0.4, -0.2) is 11.7 Å². The Labute approximate surface area is 90.7 Å². The van der Waals surface area contributed by atoms with Crippen LogP contribution in [-0.2, 0) is 0 Å². The zero-order chi connectivity index (χ0) is 9.84. The van der Waals surface area contributed by atoms with E-state index in [1.807, 2.05) is 19.9 Å². The van der Waals surface area contributed by atoms with Gasteiger partial charge in [0.05, 0.1) is 6.04 Å². The Morgan fingerprint density at radius 1 is 1.50 bits per heavy atom. The highest BCUT2D eigenvalue weighted by Crippen LogP contribution is 2.21. The Morgan fingerprint density at radius 3 is 2.57 bits per heavy atom. The van der Waals surface area contributed by atoms with Crippen LogP contribution in [0.5, 0.6) is 0 Å². The van der Waals surface area contributed by atoms with Crippen molar-refractivity contribution in [2.75, 3.05) is 6.61 Å². The fourth-order valence-corrected chi connectivity index (χ4v) is 1.24. The van der Waals surface area contributed by atoms with Gasteiger partial charge in [-0.05, 0) is 38.3 Å². The molecule has 0 bridgehead atoms. The molecule has 3 nitrogen and oxygen atoms in total. The van der Waals surface area contributed by atoms with Gasteiger partial charge in [0.2, 0.25) is 0 Å². The maximum Gasteiger partial charge on any atom is 0.121 e. The predicted molar refractivity (Wildman–Crippen MR) is 58.7 cm³/mol. The maximum atomic E-state index is 8.64. The molecule has 0 aliphatic heterocycles. The normalized spacial score (nSPS) is 12.3. The Balaban J connectivity index is 0.00000169. The quantitative estimate of drug-likeness (QED) is 0.815. The van der Waals surface area contributed by atoms with Gasteiger partial charge in [-0.15, -0.1) is 12.4 Å². The fraction of sp³-hybridized carbons (Fsp3) is 0.600. The van der Waals surface area contributed by atoms with Crippen LogP contribution in [0.15, 0.2) is 10.5 Å². The first-order valence-electron chi connectivity index (χ1n) is 4.58. The van der Waals surface area contributed by atoms with Crippen LogP contribution in [0.3, 0.4) is 0 Å². The van der Waals surface area contributed by atoms with Crippen molar-refractivity contribution in [3.05, 3.63) is 23.2 Å². The number of aryl methyl sites for hydroxylation is 2. The molecule has 0 saturated carbocycles. The SMILES string of the molecule is Cc1cc([C@H](N)CCCO)oc1C.Cl. The van der Waals surface area contributed by atoms with Crippen molar-refractivity contribution < 1.29 is 9.52 Å². The molecule has 0 unspecified atom stereocenters. The second-order valence-electron chi connectivity index (χ2n) is 3.36. The molecule has 1 atom stereocenters. The Morgan fingerprint density at radius 2 is 2.14 bits per heavy atom. The summed E-state index contributed by atoms with van der Waals surface area (Å²) in [6.45, 7) is 4.12. The largest absolute Gasteiger partial charge is 0.464 e. The highest BCUT2D eigenvalue weighted by atomic mass is 35.5. The second kappa shape index (κ2) is 6.06. The smallest absolute Gasteiger partial charge is 0.121 e. The summed E-state index contributed by atoms with van der Waals surface area (Å²) in [4.78, 5) is 0. The lowest BCUT2D eigenvalue weighted by Crippen LogP contribution is -2.09. The van der Waals surface area contributed by atoms with E-state index in [1.54, 1.807) is 0 Å². The minimum atomic E-state index is -0.0838. The molecular weight excluding hydrogens is 202 g/mol. The zero-order valence-corrected chi connectivity index (χ0v) is 9.43. The Kier molecular flexibility index (Phi) is 5.84. The summed E-state index contributed by atoms with van der Waals surface area (Å²) < 4.78 is 5.47. The van der Waals surface area contributed by atoms with Gasteiger partial charge in [-0.1, -0.05) is 0 Å². The van der Waals surface area contributed by atoms with E-state index < -0.39 is 0 Å². The van der Waals surface area contributed by atoms with Crippen molar-refractivity contribution in [1.29, 1.82) is 0 Å². The minimum absolute atomic E-state index is 0. The molecule has 0 aliphatic carbocycles. The molecule has 0 amide bonds. The average molecular weight is 220 g/mol. The lowest BCUT2D eigenvalue weighted by molar-refractivity contribution is 0.276. The van der Waals surface area contributed by atoms with Crippen molar-refractivity contribution >= 4 is 12.4 Å². The molecule has 14 heavy (non-hydrogen) atoms. The van der Waals surface area contributed by atoms with Gasteiger partial charge in [-0.3, -0.25) is 0 Å². The van der Waals surface area contributed by atoms with Crippen molar-refractivity contribution in [1.82, 2.24) is 0 Å². The molecule has 3 N–H and O–H groups in total. The molecule has 0 aromatic carbocycles. The predicted octanol–water partition coefficient (Wildman–Crippen LogP) is 2.09. The van der Waals surface area contributed by atoms with E-state index in [2.05, 4.69) is 0 Å². The second-order valence-corrected chi connectivity index (χ2v) is 3.36. The van der Waals surface area contributed by atoms with Crippen LogP contribution >= 0.6 is 12.4 Å².